The van der Waals surface area contributed by atoms with Gasteiger partial charge in [0.2, 0.25) is 5.91 Å². The van der Waals surface area contributed by atoms with Gasteiger partial charge in [-0.15, -0.1) is 0 Å². The van der Waals surface area contributed by atoms with Gasteiger partial charge in [0, 0.05) is 13.0 Å². The van der Waals surface area contributed by atoms with Crippen molar-refractivity contribution in [1.29, 1.82) is 0 Å². The summed E-state index contributed by atoms with van der Waals surface area (Å²) in [4.78, 5) is 24.3. The van der Waals surface area contributed by atoms with E-state index in [9.17, 15) is 15.0 Å². The van der Waals surface area contributed by atoms with Gasteiger partial charge >= 0.3 is 0 Å². The molecule has 158 valence electrons. The van der Waals surface area contributed by atoms with Gasteiger partial charge in [-0.25, -0.2) is 15.0 Å². The van der Waals surface area contributed by atoms with Gasteiger partial charge < -0.3 is 26.0 Å². The molecule has 0 saturated carbocycles. The van der Waals surface area contributed by atoms with E-state index >= 15 is 0 Å². The third-order valence-corrected chi connectivity index (χ3v) is 5.23. The number of carbonyl (C=O) groups excluding carboxylic acids is 1. The number of ether oxygens (including phenoxy) is 1. The number of nitrogens with two attached hydrogens (primary N) is 1. The summed E-state index contributed by atoms with van der Waals surface area (Å²) in [5.74, 6) is 0.0868. The van der Waals surface area contributed by atoms with Crippen LogP contribution in [0.4, 0.5) is 5.82 Å². The molecule has 1 fully saturated rings. The Balaban J connectivity index is 1.32. The van der Waals surface area contributed by atoms with Crippen LogP contribution in [0.15, 0.2) is 43.0 Å². The number of aromatic nitrogens is 4. The van der Waals surface area contributed by atoms with Crippen LogP contribution in [-0.2, 0) is 16.0 Å². The standard InChI is InChI=1S/C20H24N6O4/c21-18-15-19(24-10-23-18)26(11-25-15)20-17(29)16(28)13(30-20)6-7-14(27)22-9-8-12-4-2-1-3-5-12/h1-5,10-11,13,16-17,20,28-29H,6-9H2,(H,22,27)(H2,21,23,24)/t13-,16-,17-,20-/m1/s1. The Morgan fingerprint density at radius 1 is 1.17 bits per heavy atom. The number of nitrogens with one attached hydrogen (secondary N) is 1. The molecule has 0 aliphatic carbocycles. The fourth-order valence-corrected chi connectivity index (χ4v) is 3.61. The van der Waals surface area contributed by atoms with Crippen molar-refractivity contribution in [2.45, 2.75) is 43.8 Å². The average molecular weight is 412 g/mol. The zero-order valence-electron chi connectivity index (χ0n) is 16.3. The van der Waals surface area contributed by atoms with Gasteiger partial charge in [0.1, 0.15) is 24.1 Å². The summed E-state index contributed by atoms with van der Waals surface area (Å²) in [6.45, 7) is 0.532. The maximum atomic E-state index is 12.1. The smallest absolute Gasteiger partial charge is 0.220 e. The van der Waals surface area contributed by atoms with E-state index in [4.69, 9.17) is 10.5 Å². The minimum Gasteiger partial charge on any atom is -0.388 e. The summed E-state index contributed by atoms with van der Waals surface area (Å²) in [5, 5.41) is 23.7. The molecule has 0 radical (unpaired) electrons. The van der Waals surface area contributed by atoms with Crippen molar-refractivity contribution < 1.29 is 19.7 Å². The quantitative estimate of drug-likeness (QED) is 0.429. The predicted molar refractivity (Wildman–Crippen MR) is 108 cm³/mol. The Morgan fingerprint density at radius 2 is 1.97 bits per heavy atom. The Labute approximate surface area is 172 Å². The molecule has 10 nitrogen and oxygen atoms in total. The highest BCUT2D eigenvalue weighted by molar-refractivity contribution is 5.81. The van der Waals surface area contributed by atoms with Gasteiger partial charge in [0.15, 0.2) is 17.7 Å². The Hall–Kier alpha value is -3.08. The lowest BCUT2D eigenvalue weighted by Crippen LogP contribution is -2.33. The number of imidazole rings is 1. The number of fused-ring (bicyclic) bond motifs is 1. The van der Waals surface area contributed by atoms with E-state index < -0.39 is 24.5 Å². The molecule has 1 saturated heterocycles. The molecule has 1 aliphatic heterocycles. The van der Waals surface area contributed by atoms with Crippen molar-refractivity contribution in [2.24, 2.45) is 0 Å². The molecule has 10 heteroatoms. The second kappa shape index (κ2) is 8.74. The third kappa shape index (κ3) is 4.11. The van der Waals surface area contributed by atoms with Crippen molar-refractivity contribution in [3.8, 4) is 0 Å². The molecule has 0 spiro atoms. The molecular formula is C20H24N6O4. The molecule has 3 aromatic rings. The Kier molecular flexibility index (Phi) is 5.88. The van der Waals surface area contributed by atoms with Crippen LogP contribution in [0, 0.1) is 0 Å². The molecule has 4 rings (SSSR count). The molecule has 3 heterocycles. The van der Waals surface area contributed by atoms with Crippen molar-refractivity contribution in [1.82, 2.24) is 24.8 Å². The topological polar surface area (TPSA) is 148 Å². The highest BCUT2D eigenvalue weighted by Crippen LogP contribution is 2.33. The fraction of sp³-hybridized carbons (Fsp3) is 0.400. The van der Waals surface area contributed by atoms with Gasteiger partial charge in [-0.05, 0) is 18.4 Å². The monoisotopic (exact) mass is 412 g/mol. The summed E-state index contributed by atoms with van der Waals surface area (Å²) < 4.78 is 7.36. The first kappa shape index (κ1) is 20.2. The molecule has 0 bridgehead atoms. The van der Waals surface area contributed by atoms with Crippen molar-refractivity contribution >= 4 is 22.9 Å². The minimum atomic E-state index is -1.19. The van der Waals surface area contributed by atoms with Gasteiger partial charge in [-0.1, -0.05) is 30.3 Å². The van der Waals surface area contributed by atoms with E-state index in [0.29, 0.717) is 17.7 Å². The highest BCUT2D eigenvalue weighted by Gasteiger charge is 2.44. The van der Waals surface area contributed by atoms with Crippen molar-refractivity contribution in [2.75, 3.05) is 12.3 Å². The normalized spacial score (nSPS) is 23.7. The second-order valence-corrected chi connectivity index (χ2v) is 7.25. The van der Waals surface area contributed by atoms with Crippen molar-refractivity contribution in [3.63, 3.8) is 0 Å². The summed E-state index contributed by atoms with van der Waals surface area (Å²) in [7, 11) is 0. The Bertz CT molecular complexity index is 1010. The SMILES string of the molecule is Nc1ncnc2c1ncn2[C@@H]1O[C@H](CCC(=O)NCCc2ccccc2)[C@@H](O)[C@H]1O. The summed E-state index contributed by atoms with van der Waals surface area (Å²) in [6.07, 6.45) is 0.0280. The highest BCUT2D eigenvalue weighted by atomic mass is 16.6. The van der Waals surface area contributed by atoms with Crippen LogP contribution in [0.2, 0.25) is 0 Å². The summed E-state index contributed by atoms with van der Waals surface area (Å²) in [5.41, 5.74) is 7.73. The summed E-state index contributed by atoms with van der Waals surface area (Å²) >= 11 is 0. The molecule has 1 amide bonds. The number of aliphatic hydroxyl groups is 2. The number of rotatable bonds is 7. The zero-order chi connectivity index (χ0) is 21.1. The number of hydrogen-bond acceptors (Lipinski definition) is 8. The summed E-state index contributed by atoms with van der Waals surface area (Å²) in [6, 6.07) is 9.89. The van der Waals surface area contributed by atoms with Crippen LogP contribution in [-0.4, -0.2) is 60.5 Å². The molecule has 1 aliphatic rings. The van der Waals surface area contributed by atoms with E-state index in [1.54, 1.807) is 0 Å². The van der Waals surface area contributed by atoms with Gasteiger partial charge in [0.05, 0.1) is 12.4 Å². The first-order chi connectivity index (χ1) is 14.5. The van der Waals surface area contributed by atoms with E-state index in [0.717, 1.165) is 12.0 Å². The van der Waals surface area contributed by atoms with Crippen molar-refractivity contribution in [3.05, 3.63) is 48.5 Å². The number of anilines is 1. The average Bonchev–Trinajstić information content (AvgIpc) is 3.30. The van der Waals surface area contributed by atoms with Crippen LogP contribution >= 0.6 is 0 Å². The lowest BCUT2D eigenvalue weighted by molar-refractivity contribution is -0.122. The zero-order valence-corrected chi connectivity index (χ0v) is 16.3. The lowest BCUT2D eigenvalue weighted by atomic mass is 10.1. The first-order valence-electron chi connectivity index (χ1n) is 9.80. The number of amides is 1. The lowest BCUT2D eigenvalue weighted by Gasteiger charge is -2.16. The van der Waals surface area contributed by atoms with Gasteiger partial charge in [0.25, 0.3) is 0 Å². The molecular weight excluding hydrogens is 388 g/mol. The molecule has 5 N–H and O–H groups in total. The van der Waals surface area contributed by atoms with E-state index in [1.165, 1.54) is 17.2 Å². The van der Waals surface area contributed by atoms with E-state index in [2.05, 4.69) is 20.3 Å². The molecule has 30 heavy (non-hydrogen) atoms. The van der Waals surface area contributed by atoms with Crippen LogP contribution in [0.5, 0.6) is 0 Å². The van der Waals surface area contributed by atoms with Crippen LogP contribution in [0.3, 0.4) is 0 Å². The number of hydrogen-bond donors (Lipinski definition) is 4. The number of benzene rings is 1. The van der Waals surface area contributed by atoms with Crippen LogP contribution < -0.4 is 11.1 Å². The largest absolute Gasteiger partial charge is 0.388 e. The van der Waals surface area contributed by atoms with Gasteiger partial charge in [-0.3, -0.25) is 9.36 Å². The van der Waals surface area contributed by atoms with E-state index in [1.807, 2.05) is 30.3 Å². The maximum Gasteiger partial charge on any atom is 0.220 e. The molecule has 1 aromatic carbocycles. The minimum absolute atomic E-state index is 0.131. The third-order valence-electron chi connectivity index (χ3n) is 5.23. The predicted octanol–water partition coefficient (Wildman–Crippen LogP) is 0.167. The van der Waals surface area contributed by atoms with Crippen LogP contribution in [0.1, 0.15) is 24.6 Å². The second-order valence-electron chi connectivity index (χ2n) is 7.25. The van der Waals surface area contributed by atoms with Gasteiger partial charge in [-0.2, -0.15) is 0 Å². The van der Waals surface area contributed by atoms with Crippen LogP contribution in [0.25, 0.3) is 11.2 Å². The number of nitrogens with zero attached hydrogens (tertiary/aromatic N) is 4. The first-order valence-corrected chi connectivity index (χ1v) is 9.80. The van der Waals surface area contributed by atoms with E-state index in [-0.39, 0.29) is 24.6 Å². The number of aliphatic hydroxyl groups excluding tert-OH is 2. The molecule has 0 unspecified atom stereocenters. The molecule has 4 atom stereocenters. The maximum absolute atomic E-state index is 12.1. The Morgan fingerprint density at radius 3 is 2.77 bits per heavy atom. The number of carbonyl (C=O) groups is 1. The number of nitrogen functional groups attached to an aromatic ring is 1. The fourth-order valence-electron chi connectivity index (χ4n) is 3.61. The molecule has 2 aromatic heterocycles.